The Bertz CT molecular complexity index is 293. The number of hydrogen-bond acceptors (Lipinski definition) is 2. The van der Waals surface area contributed by atoms with Crippen molar-refractivity contribution in [2.24, 2.45) is 0 Å². The fourth-order valence-corrected chi connectivity index (χ4v) is 1.25. The number of hydrogen-bond donors (Lipinski definition) is 1. The van der Waals surface area contributed by atoms with Crippen molar-refractivity contribution in [3.63, 3.8) is 0 Å². The van der Waals surface area contributed by atoms with Crippen LogP contribution in [0.25, 0.3) is 6.08 Å². The molecule has 0 amide bonds. The highest BCUT2D eigenvalue weighted by molar-refractivity contribution is 6.17. The molecule has 0 saturated carbocycles. The SMILES string of the molecule is OCCOc1ccc(C=CCCCl)cc1. The first-order valence-corrected chi connectivity index (χ1v) is 5.46. The van der Waals surface area contributed by atoms with Gasteiger partial charge in [0.15, 0.2) is 0 Å². The Morgan fingerprint density at radius 3 is 2.60 bits per heavy atom. The van der Waals surface area contributed by atoms with Gasteiger partial charge < -0.3 is 9.84 Å². The van der Waals surface area contributed by atoms with Crippen LogP contribution in [0, 0.1) is 0 Å². The maximum atomic E-state index is 8.58. The lowest BCUT2D eigenvalue weighted by molar-refractivity contribution is 0.201. The van der Waals surface area contributed by atoms with Gasteiger partial charge in [0.2, 0.25) is 0 Å². The van der Waals surface area contributed by atoms with Crippen molar-refractivity contribution < 1.29 is 9.84 Å². The molecule has 0 radical (unpaired) electrons. The van der Waals surface area contributed by atoms with Crippen molar-refractivity contribution in [1.29, 1.82) is 0 Å². The van der Waals surface area contributed by atoms with E-state index in [1.807, 2.05) is 36.4 Å². The molecule has 1 aromatic rings. The molecule has 82 valence electrons. The summed E-state index contributed by atoms with van der Waals surface area (Å²) in [5, 5.41) is 8.58. The Hall–Kier alpha value is -0.990. The first kappa shape index (κ1) is 12.1. The minimum atomic E-state index is 0.0391. The third-order valence-corrected chi connectivity index (χ3v) is 2.04. The molecule has 0 aliphatic carbocycles. The van der Waals surface area contributed by atoms with E-state index in [-0.39, 0.29) is 6.61 Å². The Balaban J connectivity index is 2.48. The van der Waals surface area contributed by atoms with Gasteiger partial charge in [0, 0.05) is 5.88 Å². The van der Waals surface area contributed by atoms with Gasteiger partial charge in [0.05, 0.1) is 6.61 Å². The van der Waals surface area contributed by atoms with Gasteiger partial charge in [-0.15, -0.1) is 11.6 Å². The number of rotatable bonds is 6. The molecule has 0 bridgehead atoms. The van der Waals surface area contributed by atoms with E-state index in [4.69, 9.17) is 21.4 Å². The number of alkyl halides is 1. The molecule has 2 nitrogen and oxygen atoms in total. The van der Waals surface area contributed by atoms with E-state index < -0.39 is 0 Å². The van der Waals surface area contributed by atoms with Crippen molar-refractivity contribution in [3.05, 3.63) is 35.9 Å². The lowest BCUT2D eigenvalue weighted by atomic mass is 10.2. The molecule has 0 saturated heterocycles. The monoisotopic (exact) mass is 226 g/mol. The number of aliphatic hydroxyl groups excluding tert-OH is 1. The fraction of sp³-hybridized carbons (Fsp3) is 0.333. The first-order chi connectivity index (χ1) is 7.36. The molecule has 0 aromatic heterocycles. The zero-order valence-corrected chi connectivity index (χ0v) is 9.28. The molecule has 1 rings (SSSR count). The van der Waals surface area contributed by atoms with Crippen LogP contribution >= 0.6 is 11.6 Å². The van der Waals surface area contributed by atoms with Crippen LogP contribution in [0.3, 0.4) is 0 Å². The van der Waals surface area contributed by atoms with E-state index in [2.05, 4.69) is 0 Å². The predicted molar refractivity (Wildman–Crippen MR) is 63.4 cm³/mol. The Labute approximate surface area is 95.1 Å². The van der Waals surface area contributed by atoms with Crippen LogP contribution in [-0.2, 0) is 0 Å². The van der Waals surface area contributed by atoms with E-state index in [1.165, 1.54) is 0 Å². The summed E-state index contributed by atoms with van der Waals surface area (Å²) in [7, 11) is 0. The summed E-state index contributed by atoms with van der Waals surface area (Å²) in [4.78, 5) is 0. The van der Waals surface area contributed by atoms with Gasteiger partial charge >= 0.3 is 0 Å². The quantitative estimate of drug-likeness (QED) is 0.756. The third kappa shape index (κ3) is 4.86. The van der Waals surface area contributed by atoms with Crippen LogP contribution in [0.5, 0.6) is 5.75 Å². The summed E-state index contributed by atoms with van der Waals surface area (Å²) >= 11 is 5.56. The molecule has 0 unspecified atom stereocenters. The molecule has 0 spiro atoms. The van der Waals surface area contributed by atoms with Crippen molar-refractivity contribution in [2.45, 2.75) is 6.42 Å². The van der Waals surface area contributed by atoms with E-state index in [9.17, 15) is 0 Å². The van der Waals surface area contributed by atoms with Crippen molar-refractivity contribution in [1.82, 2.24) is 0 Å². The Morgan fingerprint density at radius 1 is 1.27 bits per heavy atom. The van der Waals surface area contributed by atoms with Crippen LogP contribution in [0.2, 0.25) is 0 Å². The third-order valence-electron chi connectivity index (χ3n) is 1.83. The van der Waals surface area contributed by atoms with Crippen molar-refractivity contribution in [3.8, 4) is 5.75 Å². The van der Waals surface area contributed by atoms with Gasteiger partial charge in [-0.2, -0.15) is 0 Å². The van der Waals surface area contributed by atoms with Gasteiger partial charge in [-0.1, -0.05) is 24.3 Å². The summed E-state index contributed by atoms with van der Waals surface area (Å²) < 4.78 is 5.24. The van der Waals surface area contributed by atoms with Crippen LogP contribution < -0.4 is 4.74 Å². The standard InChI is InChI=1S/C12H15ClO2/c13-8-2-1-3-11-4-6-12(7-5-11)15-10-9-14/h1,3-7,14H,2,8-10H2. The zero-order chi connectivity index (χ0) is 10.9. The molecule has 1 aromatic carbocycles. The molecule has 0 fully saturated rings. The summed E-state index contributed by atoms with van der Waals surface area (Å²) in [6.07, 6.45) is 4.94. The Kier molecular flexibility index (Phi) is 5.90. The Morgan fingerprint density at radius 2 is 2.00 bits per heavy atom. The van der Waals surface area contributed by atoms with Crippen LogP contribution in [0.1, 0.15) is 12.0 Å². The average molecular weight is 227 g/mol. The van der Waals surface area contributed by atoms with Gasteiger partial charge in [-0.05, 0) is 24.1 Å². The van der Waals surface area contributed by atoms with E-state index >= 15 is 0 Å². The molecular formula is C12H15ClO2. The summed E-state index contributed by atoms with van der Waals surface area (Å²) in [6, 6.07) is 7.71. The largest absolute Gasteiger partial charge is 0.491 e. The van der Waals surface area contributed by atoms with E-state index in [0.29, 0.717) is 12.5 Å². The zero-order valence-electron chi connectivity index (χ0n) is 8.53. The highest BCUT2D eigenvalue weighted by atomic mass is 35.5. The molecule has 15 heavy (non-hydrogen) atoms. The highest BCUT2D eigenvalue weighted by Gasteiger charge is 1.92. The lowest BCUT2D eigenvalue weighted by Gasteiger charge is -2.03. The lowest BCUT2D eigenvalue weighted by Crippen LogP contribution is -2.01. The topological polar surface area (TPSA) is 29.5 Å². The molecular weight excluding hydrogens is 212 g/mol. The van der Waals surface area contributed by atoms with Crippen LogP contribution in [0.15, 0.2) is 30.3 Å². The first-order valence-electron chi connectivity index (χ1n) is 4.93. The second-order valence-electron chi connectivity index (χ2n) is 3.02. The normalized spacial score (nSPS) is 10.8. The predicted octanol–water partition coefficient (Wildman–Crippen LogP) is 2.70. The fourth-order valence-electron chi connectivity index (χ4n) is 1.12. The van der Waals surface area contributed by atoms with Crippen LogP contribution in [-0.4, -0.2) is 24.2 Å². The molecule has 0 heterocycles. The van der Waals surface area contributed by atoms with E-state index in [0.717, 1.165) is 17.7 Å². The summed E-state index contributed by atoms with van der Waals surface area (Å²) in [5.74, 6) is 1.42. The van der Waals surface area contributed by atoms with E-state index in [1.54, 1.807) is 0 Å². The van der Waals surface area contributed by atoms with Gasteiger partial charge in [-0.25, -0.2) is 0 Å². The number of aliphatic hydroxyl groups is 1. The van der Waals surface area contributed by atoms with Gasteiger partial charge in [-0.3, -0.25) is 0 Å². The van der Waals surface area contributed by atoms with Crippen molar-refractivity contribution in [2.75, 3.05) is 19.1 Å². The molecule has 0 aliphatic rings. The maximum Gasteiger partial charge on any atom is 0.119 e. The molecule has 3 heteroatoms. The average Bonchev–Trinajstić information content (AvgIpc) is 2.28. The minimum absolute atomic E-state index is 0.0391. The number of halogens is 1. The second kappa shape index (κ2) is 7.32. The highest BCUT2D eigenvalue weighted by Crippen LogP contribution is 2.13. The van der Waals surface area contributed by atoms with Gasteiger partial charge in [0.25, 0.3) is 0 Å². The minimum Gasteiger partial charge on any atom is -0.491 e. The smallest absolute Gasteiger partial charge is 0.119 e. The maximum absolute atomic E-state index is 8.58. The number of benzene rings is 1. The van der Waals surface area contributed by atoms with Crippen LogP contribution in [0.4, 0.5) is 0 Å². The molecule has 0 aliphatic heterocycles. The molecule has 0 atom stereocenters. The van der Waals surface area contributed by atoms with Gasteiger partial charge in [0.1, 0.15) is 12.4 Å². The molecule has 1 N–H and O–H groups in total. The summed E-state index contributed by atoms with van der Waals surface area (Å²) in [5.41, 5.74) is 1.12. The second-order valence-corrected chi connectivity index (χ2v) is 3.40. The number of ether oxygens (including phenoxy) is 1. The number of allylic oxidation sites excluding steroid dienone is 1. The summed E-state index contributed by atoms with van der Waals surface area (Å²) in [6.45, 7) is 0.374. The van der Waals surface area contributed by atoms with Crippen molar-refractivity contribution >= 4 is 17.7 Å².